The predicted octanol–water partition coefficient (Wildman–Crippen LogP) is 5.49. The normalized spacial score (nSPS) is 17.8. The second kappa shape index (κ2) is 15.0. The third-order valence-corrected chi connectivity index (χ3v) is 8.48. The topological polar surface area (TPSA) is 117 Å². The van der Waals surface area contributed by atoms with Gasteiger partial charge in [0.25, 0.3) is 5.91 Å². The van der Waals surface area contributed by atoms with Crippen molar-refractivity contribution in [1.82, 2.24) is 24.7 Å². The lowest BCUT2D eigenvalue weighted by molar-refractivity contribution is -0.147. The molecule has 1 saturated heterocycles. The largest absolute Gasteiger partial charge is 0.444 e. The van der Waals surface area contributed by atoms with Crippen molar-refractivity contribution >= 4 is 17.9 Å². The number of imidazole rings is 1. The number of aliphatic hydroxyl groups excluding tert-OH is 1. The minimum absolute atomic E-state index is 0.0690. The summed E-state index contributed by atoms with van der Waals surface area (Å²) < 4.78 is 52.4. The second-order valence-corrected chi connectivity index (χ2v) is 14.3. The van der Waals surface area contributed by atoms with Crippen LogP contribution in [0.2, 0.25) is 0 Å². The molecule has 3 aromatic rings. The zero-order valence-electron chi connectivity index (χ0n) is 29.0. The van der Waals surface area contributed by atoms with Gasteiger partial charge in [0.2, 0.25) is 5.91 Å². The first-order chi connectivity index (χ1) is 22.9. The Balaban J connectivity index is 1.89. The highest BCUT2D eigenvalue weighted by Gasteiger charge is 2.46. The van der Waals surface area contributed by atoms with Crippen LogP contribution in [0.25, 0.3) is 11.3 Å². The van der Waals surface area contributed by atoms with E-state index in [1.807, 2.05) is 30.3 Å². The summed E-state index contributed by atoms with van der Waals surface area (Å²) in [5.74, 6) is -3.18. The van der Waals surface area contributed by atoms with Crippen molar-refractivity contribution in [1.29, 1.82) is 0 Å². The molecule has 2 aromatic carbocycles. The van der Waals surface area contributed by atoms with Crippen LogP contribution >= 0.6 is 0 Å². The Hall–Kier alpha value is -4.39. The number of nitrogens with one attached hydrogen (secondary N) is 1. The fraction of sp³-hybridized carbons (Fsp3) is 0.500. The van der Waals surface area contributed by atoms with Crippen molar-refractivity contribution < 1.29 is 37.4 Å². The number of hydrogen-bond donors (Lipinski definition) is 2. The molecule has 1 aliphatic heterocycles. The van der Waals surface area contributed by atoms with Crippen LogP contribution in [0.5, 0.6) is 0 Å². The standard InChI is InChI=1S/C36H46F3N5O5/c1-22(45)33(47)44(19-24-18-43(20-28(24)39)34(48)49-35(2,3)4)31(36(5,6)16-30(46)40-7)32-41-29(26-15-25(37)13-14-27(26)38)21-42(32)17-23-11-9-8-10-12-23/h8-15,21-22,24,28,31,45H,16-20H2,1-7H3,(H,40,46)/t22-,24?,28?,31-/m0/s1. The number of benzene rings is 2. The molecule has 0 saturated carbocycles. The lowest BCUT2D eigenvalue weighted by atomic mass is 9.78. The van der Waals surface area contributed by atoms with Crippen LogP contribution in [0.1, 0.15) is 65.4 Å². The number of amides is 3. The van der Waals surface area contributed by atoms with E-state index in [4.69, 9.17) is 9.72 Å². The minimum atomic E-state index is -1.54. The number of aromatic nitrogens is 2. The quantitative estimate of drug-likeness (QED) is 0.276. The van der Waals surface area contributed by atoms with Gasteiger partial charge in [0.1, 0.15) is 35.3 Å². The zero-order chi connectivity index (χ0) is 36.3. The van der Waals surface area contributed by atoms with Gasteiger partial charge in [0.15, 0.2) is 0 Å². The van der Waals surface area contributed by atoms with Gasteiger partial charge in [-0.3, -0.25) is 9.59 Å². The summed E-state index contributed by atoms with van der Waals surface area (Å²) in [6.45, 7) is 9.50. The van der Waals surface area contributed by atoms with Gasteiger partial charge in [-0.2, -0.15) is 0 Å². The van der Waals surface area contributed by atoms with Crippen LogP contribution < -0.4 is 5.32 Å². The summed E-state index contributed by atoms with van der Waals surface area (Å²) in [5, 5.41) is 13.3. The Labute approximate surface area is 285 Å². The molecular weight excluding hydrogens is 639 g/mol. The fourth-order valence-electron chi connectivity index (χ4n) is 6.18. The van der Waals surface area contributed by atoms with Crippen molar-refractivity contribution in [2.75, 3.05) is 26.7 Å². The van der Waals surface area contributed by atoms with Crippen molar-refractivity contribution in [2.24, 2.45) is 11.3 Å². The van der Waals surface area contributed by atoms with Gasteiger partial charge < -0.3 is 29.5 Å². The van der Waals surface area contributed by atoms with Crippen LogP contribution in [0.3, 0.4) is 0 Å². The van der Waals surface area contributed by atoms with Crippen molar-refractivity contribution in [3.63, 3.8) is 0 Å². The van der Waals surface area contributed by atoms with Gasteiger partial charge >= 0.3 is 6.09 Å². The van der Waals surface area contributed by atoms with Crippen LogP contribution in [0.4, 0.5) is 18.0 Å². The van der Waals surface area contributed by atoms with Gasteiger partial charge in [0.05, 0.1) is 18.3 Å². The van der Waals surface area contributed by atoms with E-state index in [1.165, 1.54) is 23.8 Å². The molecule has 1 aliphatic rings. The van der Waals surface area contributed by atoms with Crippen LogP contribution in [-0.4, -0.2) is 86.9 Å². The lowest BCUT2D eigenvalue weighted by Gasteiger charge is -2.43. The van der Waals surface area contributed by atoms with Gasteiger partial charge in [0, 0.05) is 56.2 Å². The van der Waals surface area contributed by atoms with E-state index < -0.39 is 58.9 Å². The highest BCUT2D eigenvalue weighted by molar-refractivity contribution is 5.81. The van der Waals surface area contributed by atoms with E-state index in [2.05, 4.69) is 5.32 Å². The molecule has 0 radical (unpaired) electrons. The molecule has 2 unspecified atom stereocenters. The molecule has 0 spiro atoms. The number of ether oxygens (including phenoxy) is 1. The summed E-state index contributed by atoms with van der Waals surface area (Å²) in [4.78, 5) is 47.1. The van der Waals surface area contributed by atoms with Crippen LogP contribution in [-0.2, 0) is 20.9 Å². The molecule has 266 valence electrons. The average molecular weight is 686 g/mol. The monoisotopic (exact) mass is 685 g/mol. The Morgan fingerprint density at radius 3 is 2.37 bits per heavy atom. The number of rotatable bonds is 11. The zero-order valence-corrected chi connectivity index (χ0v) is 29.0. The highest BCUT2D eigenvalue weighted by Crippen LogP contribution is 2.43. The molecule has 1 fully saturated rings. The first-order valence-electron chi connectivity index (χ1n) is 16.3. The molecule has 0 bridgehead atoms. The molecular formula is C36H46F3N5O5. The number of alkyl halides is 1. The van der Waals surface area contributed by atoms with E-state index in [0.717, 1.165) is 23.8 Å². The molecule has 4 rings (SSSR count). The Bertz CT molecular complexity index is 1640. The summed E-state index contributed by atoms with van der Waals surface area (Å²) >= 11 is 0. The number of halogens is 3. The maximum absolute atomic E-state index is 15.7. The number of aliphatic hydroxyl groups is 1. The SMILES string of the molecule is CNC(=O)CC(C)(C)[C@H](c1nc(-c2cc(F)ccc2F)cn1Cc1ccccc1)N(CC1CN(C(=O)OC(C)(C)C)CC1F)C(=O)[C@H](C)O. The number of nitrogens with zero attached hydrogens (tertiary/aromatic N) is 4. The van der Waals surface area contributed by atoms with E-state index in [9.17, 15) is 23.9 Å². The van der Waals surface area contributed by atoms with Crippen LogP contribution in [0.15, 0.2) is 54.7 Å². The predicted molar refractivity (Wildman–Crippen MR) is 178 cm³/mol. The summed E-state index contributed by atoms with van der Waals surface area (Å²) in [5.41, 5.74) is -1.13. The molecule has 2 heterocycles. The number of likely N-dealkylation sites (tertiary alicyclic amines) is 1. The van der Waals surface area contributed by atoms with Gasteiger partial charge in [-0.1, -0.05) is 44.2 Å². The fourth-order valence-corrected chi connectivity index (χ4v) is 6.18. The van der Waals surface area contributed by atoms with E-state index in [0.29, 0.717) is 0 Å². The summed E-state index contributed by atoms with van der Waals surface area (Å²) in [7, 11) is 1.48. The van der Waals surface area contributed by atoms with E-state index >= 15 is 8.78 Å². The Kier molecular flexibility index (Phi) is 11.5. The first kappa shape index (κ1) is 37.4. The van der Waals surface area contributed by atoms with Gasteiger partial charge in [-0.15, -0.1) is 0 Å². The second-order valence-electron chi connectivity index (χ2n) is 14.3. The van der Waals surface area contributed by atoms with Crippen LogP contribution in [0, 0.1) is 23.0 Å². The molecule has 10 nitrogen and oxygen atoms in total. The summed E-state index contributed by atoms with van der Waals surface area (Å²) in [6, 6.07) is 11.2. The maximum Gasteiger partial charge on any atom is 0.410 e. The summed E-state index contributed by atoms with van der Waals surface area (Å²) in [6.07, 6.45) is -2.33. The molecule has 1 aromatic heterocycles. The molecule has 0 aliphatic carbocycles. The van der Waals surface area contributed by atoms with Crippen molar-refractivity contribution in [2.45, 2.75) is 78.4 Å². The van der Waals surface area contributed by atoms with Gasteiger partial charge in [-0.05, 0) is 51.5 Å². The van der Waals surface area contributed by atoms with E-state index in [1.54, 1.807) is 45.4 Å². The average Bonchev–Trinajstić information content (AvgIpc) is 3.59. The minimum Gasteiger partial charge on any atom is -0.444 e. The number of carbonyl (C=O) groups excluding carboxylic acids is 3. The Morgan fingerprint density at radius 2 is 1.76 bits per heavy atom. The van der Waals surface area contributed by atoms with E-state index in [-0.39, 0.29) is 55.6 Å². The first-order valence-corrected chi connectivity index (χ1v) is 16.3. The van der Waals surface area contributed by atoms with Crippen molar-refractivity contribution in [3.05, 3.63) is 77.8 Å². The lowest BCUT2D eigenvalue weighted by Crippen LogP contribution is -2.50. The Morgan fingerprint density at radius 1 is 1.08 bits per heavy atom. The number of carbonyl (C=O) groups is 3. The molecule has 2 N–H and O–H groups in total. The third-order valence-electron chi connectivity index (χ3n) is 8.48. The maximum atomic E-state index is 15.7. The number of hydrogen-bond acceptors (Lipinski definition) is 6. The third kappa shape index (κ3) is 9.20. The molecule has 49 heavy (non-hydrogen) atoms. The van der Waals surface area contributed by atoms with Crippen molar-refractivity contribution in [3.8, 4) is 11.3 Å². The smallest absolute Gasteiger partial charge is 0.410 e. The highest BCUT2D eigenvalue weighted by atomic mass is 19.1. The molecule has 3 amide bonds. The molecule has 4 atom stereocenters. The molecule has 13 heteroatoms. The van der Waals surface area contributed by atoms with Gasteiger partial charge in [-0.25, -0.2) is 22.9 Å².